The number of hydrogen-bond acceptors (Lipinski definition) is 2. The van der Waals surface area contributed by atoms with E-state index >= 15 is 0 Å². The van der Waals surface area contributed by atoms with Crippen LogP contribution in [0.1, 0.15) is 13.8 Å². The maximum atomic E-state index is 10.3. The van der Waals surface area contributed by atoms with Crippen molar-refractivity contribution in [3.63, 3.8) is 0 Å². The van der Waals surface area contributed by atoms with Crippen LogP contribution in [-0.4, -0.2) is 11.2 Å². The molecule has 0 spiro atoms. The average molecular weight is 133 g/mol. The lowest BCUT2D eigenvalue weighted by Gasteiger charge is -2.08. The predicted octanol–water partition coefficient (Wildman–Crippen LogP) is 0.426. The summed E-state index contributed by atoms with van der Waals surface area (Å²) in [6.07, 6.45) is 0. The molecule has 0 aliphatic heterocycles. The molecule has 0 fully saturated rings. The third-order valence-corrected chi connectivity index (χ3v) is 1.77. The SMILES string of the molecule is CC(C)C(S)C(N)=O. The molecular formula is C5H11NOS. The van der Waals surface area contributed by atoms with Gasteiger partial charge < -0.3 is 5.73 Å². The second kappa shape index (κ2) is 2.97. The zero-order chi connectivity index (χ0) is 6.73. The summed E-state index contributed by atoms with van der Waals surface area (Å²) in [4.78, 5) is 10.3. The molecule has 1 atom stereocenters. The van der Waals surface area contributed by atoms with Crippen molar-refractivity contribution in [3.05, 3.63) is 0 Å². The zero-order valence-electron chi connectivity index (χ0n) is 5.09. The van der Waals surface area contributed by atoms with Crippen molar-refractivity contribution in [3.8, 4) is 0 Å². The molecule has 2 N–H and O–H groups in total. The molecule has 0 aliphatic carbocycles. The van der Waals surface area contributed by atoms with E-state index in [1.54, 1.807) is 0 Å². The Hall–Kier alpha value is -0.180. The Morgan fingerprint density at radius 3 is 2.00 bits per heavy atom. The highest BCUT2D eigenvalue weighted by Gasteiger charge is 2.12. The molecule has 8 heavy (non-hydrogen) atoms. The Morgan fingerprint density at radius 2 is 2.00 bits per heavy atom. The summed E-state index contributed by atoms with van der Waals surface area (Å²) in [6.45, 7) is 3.81. The normalized spacial score (nSPS) is 14.0. The molecule has 0 heterocycles. The van der Waals surface area contributed by atoms with Crippen LogP contribution in [0, 0.1) is 5.92 Å². The topological polar surface area (TPSA) is 43.1 Å². The third kappa shape index (κ3) is 2.21. The van der Waals surface area contributed by atoms with Crippen molar-refractivity contribution >= 4 is 18.5 Å². The average Bonchev–Trinajstić information content (AvgIpc) is 1.64. The number of amides is 1. The number of rotatable bonds is 2. The molecule has 0 aromatic carbocycles. The van der Waals surface area contributed by atoms with Gasteiger partial charge in [0.15, 0.2) is 0 Å². The summed E-state index contributed by atoms with van der Waals surface area (Å²) in [6, 6.07) is 0. The first-order valence-electron chi connectivity index (χ1n) is 2.53. The van der Waals surface area contributed by atoms with Crippen LogP contribution < -0.4 is 5.73 Å². The van der Waals surface area contributed by atoms with E-state index in [0.29, 0.717) is 0 Å². The van der Waals surface area contributed by atoms with E-state index in [1.807, 2.05) is 13.8 Å². The molecule has 0 aliphatic rings. The third-order valence-electron chi connectivity index (χ3n) is 0.923. The summed E-state index contributed by atoms with van der Waals surface area (Å²) in [5.41, 5.74) is 4.92. The fourth-order valence-electron chi connectivity index (χ4n) is 0.329. The van der Waals surface area contributed by atoms with Gasteiger partial charge in [0.2, 0.25) is 5.91 Å². The van der Waals surface area contributed by atoms with Crippen LogP contribution >= 0.6 is 12.6 Å². The predicted molar refractivity (Wildman–Crippen MR) is 36.8 cm³/mol. The first kappa shape index (κ1) is 7.82. The van der Waals surface area contributed by atoms with Crippen LogP contribution in [0.3, 0.4) is 0 Å². The summed E-state index contributed by atoms with van der Waals surface area (Å²) in [5, 5.41) is -0.296. The number of hydrogen-bond donors (Lipinski definition) is 2. The number of primary amides is 1. The lowest BCUT2D eigenvalue weighted by molar-refractivity contribution is -0.118. The molecule has 1 unspecified atom stereocenters. The Balaban J connectivity index is 3.64. The number of carbonyl (C=O) groups excluding carboxylic acids is 1. The van der Waals surface area contributed by atoms with E-state index in [1.165, 1.54) is 0 Å². The second-order valence-corrected chi connectivity index (χ2v) is 2.65. The van der Waals surface area contributed by atoms with Gasteiger partial charge in [-0.15, -0.1) is 0 Å². The van der Waals surface area contributed by atoms with Crippen molar-refractivity contribution in [2.24, 2.45) is 11.7 Å². The Bertz CT molecular complexity index is 92.4. The molecule has 0 radical (unpaired) electrons. The van der Waals surface area contributed by atoms with Crippen LogP contribution in [0.5, 0.6) is 0 Å². The van der Waals surface area contributed by atoms with E-state index in [0.717, 1.165) is 0 Å². The van der Waals surface area contributed by atoms with Gasteiger partial charge in [-0.05, 0) is 5.92 Å². The molecule has 0 aromatic rings. The van der Waals surface area contributed by atoms with Gasteiger partial charge in [-0.2, -0.15) is 12.6 Å². The van der Waals surface area contributed by atoms with Crippen LogP contribution in [-0.2, 0) is 4.79 Å². The highest BCUT2D eigenvalue weighted by Crippen LogP contribution is 2.06. The van der Waals surface area contributed by atoms with Crippen LogP contribution in [0.15, 0.2) is 0 Å². The minimum Gasteiger partial charge on any atom is -0.369 e. The van der Waals surface area contributed by atoms with E-state index in [4.69, 9.17) is 5.73 Å². The Labute approximate surface area is 54.9 Å². The minimum atomic E-state index is -0.344. The van der Waals surface area contributed by atoms with E-state index in [9.17, 15) is 4.79 Å². The van der Waals surface area contributed by atoms with E-state index < -0.39 is 0 Å². The highest BCUT2D eigenvalue weighted by molar-refractivity contribution is 7.81. The molecule has 1 amide bonds. The quantitative estimate of drug-likeness (QED) is 0.527. The summed E-state index contributed by atoms with van der Waals surface area (Å²) < 4.78 is 0. The van der Waals surface area contributed by atoms with Crippen LogP contribution in [0.25, 0.3) is 0 Å². The number of carbonyl (C=O) groups is 1. The lowest BCUT2D eigenvalue weighted by Crippen LogP contribution is -2.27. The molecule has 2 nitrogen and oxygen atoms in total. The Morgan fingerprint density at radius 1 is 1.62 bits per heavy atom. The van der Waals surface area contributed by atoms with Gasteiger partial charge in [0.05, 0.1) is 5.25 Å². The number of nitrogens with two attached hydrogens (primary N) is 1. The van der Waals surface area contributed by atoms with E-state index in [-0.39, 0.29) is 17.1 Å². The van der Waals surface area contributed by atoms with Gasteiger partial charge in [0.25, 0.3) is 0 Å². The van der Waals surface area contributed by atoms with E-state index in [2.05, 4.69) is 12.6 Å². The highest BCUT2D eigenvalue weighted by atomic mass is 32.1. The fourth-order valence-corrected chi connectivity index (χ4v) is 0.329. The Kier molecular flexibility index (Phi) is 2.90. The molecule has 3 heteroatoms. The molecule has 48 valence electrons. The monoisotopic (exact) mass is 133 g/mol. The second-order valence-electron chi connectivity index (χ2n) is 2.09. The molecular weight excluding hydrogens is 122 g/mol. The number of thiol groups is 1. The standard InChI is InChI=1S/C5H11NOS/c1-3(2)4(8)5(6)7/h3-4,8H,1-2H3,(H2,6,7). The molecule has 0 saturated carbocycles. The molecule has 0 bridgehead atoms. The van der Waals surface area contributed by atoms with Crippen molar-refractivity contribution in [2.45, 2.75) is 19.1 Å². The van der Waals surface area contributed by atoms with Gasteiger partial charge in [0, 0.05) is 0 Å². The largest absolute Gasteiger partial charge is 0.369 e. The maximum Gasteiger partial charge on any atom is 0.230 e. The van der Waals surface area contributed by atoms with Gasteiger partial charge in [-0.3, -0.25) is 4.79 Å². The molecule has 0 saturated heterocycles. The maximum absolute atomic E-state index is 10.3. The minimum absolute atomic E-state index is 0.232. The summed E-state index contributed by atoms with van der Waals surface area (Å²) >= 11 is 3.95. The van der Waals surface area contributed by atoms with Crippen molar-refractivity contribution in [1.29, 1.82) is 0 Å². The summed E-state index contributed by atoms with van der Waals surface area (Å²) in [7, 11) is 0. The first-order chi connectivity index (χ1) is 3.55. The van der Waals surface area contributed by atoms with Gasteiger partial charge in [-0.1, -0.05) is 13.8 Å². The molecule has 0 aromatic heterocycles. The molecule has 0 rings (SSSR count). The smallest absolute Gasteiger partial charge is 0.230 e. The summed E-state index contributed by atoms with van der Waals surface area (Å²) in [5.74, 6) is -0.112. The zero-order valence-corrected chi connectivity index (χ0v) is 5.98. The van der Waals surface area contributed by atoms with Crippen LogP contribution in [0.2, 0.25) is 0 Å². The van der Waals surface area contributed by atoms with Gasteiger partial charge in [-0.25, -0.2) is 0 Å². The lowest BCUT2D eigenvalue weighted by atomic mass is 10.1. The van der Waals surface area contributed by atoms with Crippen molar-refractivity contribution in [1.82, 2.24) is 0 Å². The first-order valence-corrected chi connectivity index (χ1v) is 3.04. The van der Waals surface area contributed by atoms with Crippen LogP contribution in [0.4, 0.5) is 0 Å². The van der Waals surface area contributed by atoms with Crippen molar-refractivity contribution in [2.75, 3.05) is 0 Å². The van der Waals surface area contributed by atoms with Crippen molar-refractivity contribution < 1.29 is 4.79 Å². The van der Waals surface area contributed by atoms with Gasteiger partial charge in [0.1, 0.15) is 0 Å². The fraction of sp³-hybridized carbons (Fsp3) is 0.800. The van der Waals surface area contributed by atoms with Gasteiger partial charge >= 0.3 is 0 Å².